The predicted molar refractivity (Wildman–Crippen MR) is 60.7 cm³/mol. The average Bonchev–Trinajstić information content (AvgIpc) is 2.83. The normalized spacial score (nSPS) is 20.6. The molecule has 1 fully saturated rings. The number of hydrogen-bond acceptors (Lipinski definition) is 5. The first kappa shape index (κ1) is 10.5. The first-order valence-electron chi connectivity index (χ1n) is 5.74. The van der Waals surface area contributed by atoms with Gasteiger partial charge in [-0.15, -0.1) is 0 Å². The Labute approximate surface area is 98.6 Å². The molecule has 1 unspecified atom stereocenters. The molecular formula is C11H14N4O2. The van der Waals surface area contributed by atoms with Crippen LogP contribution in [-0.2, 0) is 4.74 Å². The van der Waals surface area contributed by atoms with Crippen LogP contribution in [0.15, 0.2) is 12.5 Å². The standard InChI is InChI=1S/C11H14N4O2/c1-16-11-10-8(12-7-13-11)6-15(14-10)9-4-2-3-5-17-9/h6-7,9H,2-5H2,1H3. The van der Waals surface area contributed by atoms with Gasteiger partial charge in [0.05, 0.1) is 13.3 Å². The zero-order valence-electron chi connectivity index (χ0n) is 9.67. The third-order valence-corrected chi connectivity index (χ3v) is 2.93. The van der Waals surface area contributed by atoms with Crippen LogP contribution in [0.5, 0.6) is 5.88 Å². The summed E-state index contributed by atoms with van der Waals surface area (Å²) in [6, 6.07) is 0. The van der Waals surface area contributed by atoms with Gasteiger partial charge in [-0.2, -0.15) is 10.1 Å². The predicted octanol–water partition coefficient (Wildman–Crippen LogP) is 1.53. The lowest BCUT2D eigenvalue weighted by atomic mass is 10.2. The van der Waals surface area contributed by atoms with E-state index in [2.05, 4.69) is 15.1 Å². The molecule has 6 heteroatoms. The molecule has 1 aliphatic heterocycles. The van der Waals surface area contributed by atoms with Crippen molar-refractivity contribution in [3.8, 4) is 5.88 Å². The summed E-state index contributed by atoms with van der Waals surface area (Å²) in [6.45, 7) is 0.795. The number of fused-ring (bicyclic) bond motifs is 1. The van der Waals surface area contributed by atoms with E-state index in [1.807, 2.05) is 10.9 Å². The second-order valence-electron chi connectivity index (χ2n) is 4.05. The van der Waals surface area contributed by atoms with Gasteiger partial charge in [0, 0.05) is 6.61 Å². The lowest BCUT2D eigenvalue weighted by molar-refractivity contribution is -0.0391. The van der Waals surface area contributed by atoms with Crippen molar-refractivity contribution in [3.05, 3.63) is 12.5 Å². The van der Waals surface area contributed by atoms with Gasteiger partial charge in [0.25, 0.3) is 0 Å². The third kappa shape index (κ3) is 1.84. The first-order chi connectivity index (χ1) is 8.38. The van der Waals surface area contributed by atoms with Crippen molar-refractivity contribution in [2.75, 3.05) is 13.7 Å². The van der Waals surface area contributed by atoms with E-state index in [0.29, 0.717) is 11.4 Å². The third-order valence-electron chi connectivity index (χ3n) is 2.93. The molecule has 0 spiro atoms. The van der Waals surface area contributed by atoms with Crippen molar-refractivity contribution in [2.45, 2.75) is 25.5 Å². The molecule has 1 aliphatic rings. The van der Waals surface area contributed by atoms with Gasteiger partial charge in [0.2, 0.25) is 5.88 Å². The fourth-order valence-corrected chi connectivity index (χ4v) is 2.06. The van der Waals surface area contributed by atoms with Crippen LogP contribution >= 0.6 is 0 Å². The van der Waals surface area contributed by atoms with Crippen molar-refractivity contribution in [1.29, 1.82) is 0 Å². The van der Waals surface area contributed by atoms with E-state index in [0.717, 1.165) is 25.0 Å². The summed E-state index contributed by atoms with van der Waals surface area (Å²) >= 11 is 0. The summed E-state index contributed by atoms with van der Waals surface area (Å²) in [4.78, 5) is 8.21. The summed E-state index contributed by atoms with van der Waals surface area (Å²) < 4.78 is 12.7. The Kier molecular flexibility index (Phi) is 2.64. The Morgan fingerprint density at radius 2 is 2.35 bits per heavy atom. The smallest absolute Gasteiger partial charge is 0.245 e. The van der Waals surface area contributed by atoms with E-state index in [9.17, 15) is 0 Å². The molecule has 1 atom stereocenters. The molecule has 0 radical (unpaired) electrons. The molecule has 3 heterocycles. The van der Waals surface area contributed by atoms with Gasteiger partial charge in [-0.05, 0) is 19.3 Å². The molecular weight excluding hydrogens is 220 g/mol. The monoisotopic (exact) mass is 234 g/mol. The van der Waals surface area contributed by atoms with Gasteiger partial charge in [0.1, 0.15) is 18.1 Å². The highest BCUT2D eigenvalue weighted by molar-refractivity contribution is 5.78. The maximum absolute atomic E-state index is 5.68. The summed E-state index contributed by atoms with van der Waals surface area (Å²) in [5.74, 6) is 0.504. The summed E-state index contributed by atoms with van der Waals surface area (Å²) in [7, 11) is 1.58. The molecule has 0 aliphatic carbocycles. The topological polar surface area (TPSA) is 62.1 Å². The van der Waals surface area contributed by atoms with Gasteiger partial charge < -0.3 is 9.47 Å². The quantitative estimate of drug-likeness (QED) is 0.788. The maximum Gasteiger partial charge on any atom is 0.245 e. The van der Waals surface area contributed by atoms with Crippen molar-refractivity contribution in [1.82, 2.24) is 19.7 Å². The van der Waals surface area contributed by atoms with Crippen molar-refractivity contribution in [2.24, 2.45) is 0 Å². The summed E-state index contributed by atoms with van der Waals surface area (Å²) in [6.07, 6.45) is 6.67. The van der Waals surface area contributed by atoms with E-state index in [1.165, 1.54) is 12.7 Å². The van der Waals surface area contributed by atoms with Gasteiger partial charge in [0.15, 0.2) is 5.52 Å². The fourth-order valence-electron chi connectivity index (χ4n) is 2.06. The van der Waals surface area contributed by atoms with E-state index in [4.69, 9.17) is 9.47 Å². The number of ether oxygens (including phenoxy) is 2. The van der Waals surface area contributed by atoms with Crippen LogP contribution in [0.4, 0.5) is 0 Å². The molecule has 3 rings (SSSR count). The number of aromatic nitrogens is 4. The van der Waals surface area contributed by atoms with Gasteiger partial charge in [-0.1, -0.05) is 0 Å². The molecule has 6 nitrogen and oxygen atoms in total. The molecule has 0 bridgehead atoms. The van der Waals surface area contributed by atoms with Crippen LogP contribution in [0.3, 0.4) is 0 Å². The lowest BCUT2D eigenvalue weighted by Gasteiger charge is -2.22. The van der Waals surface area contributed by atoms with Gasteiger partial charge in [-0.3, -0.25) is 0 Å². The lowest BCUT2D eigenvalue weighted by Crippen LogP contribution is -2.18. The molecule has 0 N–H and O–H groups in total. The molecule has 2 aromatic rings. The van der Waals surface area contributed by atoms with E-state index < -0.39 is 0 Å². The van der Waals surface area contributed by atoms with Crippen LogP contribution in [0.1, 0.15) is 25.5 Å². The van der Waals surface area contributed by atoms with Crippen LogP contribution in [0, 0.1) is 0 Å². The van der Waals surface area contributed by atoms with Crippen molar-refractivity contribution < 1.29 is 9.47 Å². The van der Waals surface area contributed by atoms with Crippen LogP contribution in [-0.4, -0.2) is 33.5 Å². The minimum atomic E-state index is 0.0163. The van der Waals surface area contributed by atoms with E-state index >= 15 is 0 Å². The summed E-state index contributed by atoms with van der Waals surface area (Å²) in [5, 5.41) is 4.45. The van der Waals surface area contributed by atoms with Crippen LogP contribution in [0.25, 0.3) is 11.0 Å². The second-order valence-corrected chi connectivity index (χ2v) is 4.05. The second kappa shape index (κ2) is 4.29. The largest absolute Gasteiger partial charge is 0.479 e. The average molecular weight is 234 g/mol. The molecule has 90 valence electrons. The van der Waals surface area contributed by atoms with E-state index in [1.54, 1.807) is 7.11 Å². The summed E-state index contributed by atoms with van der Waals surface area (Å²) in [5.41, 5.74) is 1.47. The number of rotatable bonds is 2. The molecule has 0 saturated carbocycles. The fraction of sp³-hybridized carbons (Fsp3) is 0.545. The minimum Gasteiger partial charge on any atom is -0.479 e. The van der Waals surface area contributed by atoms with Gasteiger partial charge >= 0.3 is 0 Å². The Morgan fingerprint density at radius 3 is 3.12 bits per heavy atom. The Morgan fingerprint density at radius 1 is 1.41 bits per heavy atom. The van der Waals surface area contributed by atoms with E-state index in [-0.39, 0.29) is 6.23 Å². The van der Waals surface area contributed by atoms with Crippen molar-refractivity contribution >= 4 is 11.0 Å². The Hall–Kier alpha value is -1.69. The minimum absolute atomic E-state index is 0.0163. The molecule has 17 heavy (non-hydrogen) atoms. The first-order valence-corrected chi connectivity index (χ1v) is 5.74. The molecule has 2 aromatic heterocycles. The van der Waals surface area contributed by atoms with Gasteiger partial charge in [-0.25, -0.2) is 9.67 Å². The Balaban J connectivity index is 2.00. The SMILES string of the molecule is COc1ncnc2cn(C3CCCCO3)nc12. The number of methoxy groups -OCH3 is 1. The van der Waals surface area contributed by atoms with Crippen molar-refractivity contribution in [3.63, 3.8) is 0 Å². The van der Waals surface area contributed by atoms with Crippen LogP contribution < -0.4 is 4.74 Å². The van der Waals surface area contributed by atoms with Crippen LogP contribution in [0.2, 0.25) is 0 Å². The highest BCUT2D eigenvalue weighted by Crippen LogP contribution is 2.25. The number of hydrogen-bond donors (Lipinski definition) is 0. The highest BCUT2D eigenvalue weighted by Gasteiger charge is 2.18. The zero-order valence-corrected chi connectivity index (χ0v) is 9.67. The maximum atomic E-state index is 5.68. The Bertz CT molecular complexity index is 519. The molecule has 0 aromatic carbocycles. The zero-order chi connectivity index (χ0) is 11.7. The molecule has 1 saturated heterocycles. The number of nitrogens with zero attached hydrogens (tertiary/aromatic N) is 4. The highest BCUT2D eigenvalue weighted by atomic mass is 16.5. The molecule has 0 amide bonds.